The Morgan fingerprint density at radius 2 is 1.86 bits per heavy atom. The molecular formula is C28H36N6O3. The van der Waals surface area contributed by atoms with Crippen molar-refractivity contribution >= 4 is 29.3 Å². The van der Waals surface area contributed by atoms with E-state index in [0.717, 1.165) is 30.6 Å². The van der Waals surface area contributed by atoms with Gasteiger partial charge in [-0.05, 0) is 50.3 Å². The lowest BCUT2D eigenvalue weighted by atomic mass is 10.1. The Morgan fingerprint density at radius 1 is 1.05 bits per heavy atom. The zero-order valence-corrected chi connectivity index (χ0v) is 21.7. The summed E-state index contributed by atoms with van der Waals surface area (Å²) < 4.78 is 1.83. The summed E-state index contributed by atoms with van der Waals surface area (Å²) in [5.74, 6) is 0.683. The van der Waals surface area contributed by atoms with Crippen LogP contribution in [0.15, 0.2) is 48.7 Å². The zero-order valence-electron chi connectivity index (χ0n) is 21.7. The van der Waals surface area contributed by atoms with Crippen LogP contribution in [0.2, 0.25) is 0 Å². The van der Waals surface area contributed by atoms with Crippen molar-refractivity contribution in [1.29, 1.82) is 0 Å². The van der Waals surface area contributed by atoms with Crippen LogP contribution in [0.4, 0.5) is 10.6 Å². The maximum Gasteiger partial charge on any atom is 0.323 e. The molecule has 37 heavy (non-hydrogen) atoms. The standard InChI is InChI=1S/C28H36N6O3/c1-3-23-27(33(4-2)28(37)30-17-15-21-10-6-5-7-11-21)34-20-22(13-14-24(34)31-23)26(36)29-16-9-19-32-18-8-12-25(32)35/h5-7,10-11,13-14,20H,3-4,8-9,12,15-19H2,1-2H3,(H,29,36)(H,30,37). The van der Waals surface area contributed by atoms with Gasteiger partial charge in [-0.1, -0.05) is 37.3 Å². The van der Waals surface area contributed by atoms with Crippen LogP contribution >= 0.6 is 0 Å². The van der Waals surface area contributed by atoms with E-state index in [4.69, 9.17) is 4.98 Å². The number of nitrogens with zero attached hydrogens (tertiary/aromatic N) is 4. The third-order valence-corrected chi connectivity index (χ3v) is 6.67. The Labute approximate surface area is 217 Å². The van der Waals surface area contributed by atoms with Gasteiger partial charge in [0.25, 0.3) is 5.91 Å². The second kappa shape index (κ2) is 12.4. The highest BCUT2D eigenvalue weighted by atomic mass is 16.2. The number of hydrogen-bond acceptors (Lipinski definition) is 4. The fourth-order valence-electron chi connectivity index (χ4n) is 4.70. The Bertz CT molecular complexity index is 1240. The molecule has 9 nitrogen and oxygen atoms in total. The van der Waals surface area contributed by atoms with Crippen molar-refractivity contribution in [3.8, 4) is 0 Å². The molecule has 0 spiro atoms. The van der Waals surface area contributed by atoms with Crippen molar-refractivity contribution in [3.63, 3.8) is 0 Å². The van der Waals surface area contributed by atoms with Gasteiger partial charge in [0.05, 0.1) is 11.3 Å². The molecule has 9 heteroatoms. The van der Waals surface area contributed by atoms with E-state index >= 15 is 0 Å². The first kappa shape index (κ1) is 26.2. The summed E-state index contributed by atoms with van der Waals surface area (Å²) in [7, 11) is 0. The van der Waals surface area contributed by atoms with E-state index in [1.807, 2.05) is 59.5 Å². The Hall–Kier alpha value is -3.88. The number of anilines is 1. The molecule has 0 bridgehead atoms. The van der Waals surface area contributed by atoms with E-state index in [9.17, 15) is 14.4 Å². The molecule has 3 heterocycles. The molecule has 1 fully saturated rings. The number of carbonyl (C=O) groups excluding carboxylic acids is 3. The van der Waals surface area contributed by atoms with Gasteiger partial charge in [0.1, 0.15) is 11.5 Å². The normalized spacial score (nSPS) is 13.2. The Morgan fingerprint density at radius 3 is 2.57 bits per heavy atom. The second-order valence-electron chi connectivity index (χ2n) is 9.19. The number of fused-ring (bicyclic) bond motifs is 1. The van der Waals surface area contributed by atoms with Crippen molar-refractivity contribution in [2.24, 2.45) is 0 Å². The second-order valence-corrected chi connectivity index (χ2v) is 9.19. The average Bonchev–Trinajstić information content (AvgIpc) is 3.50. The van der Waals surface area contributed by atoms with Gasteiger partial charge < -0.3 is 15.5 Å². The van der Waals surface area contributed by atoms with Gasteiger partial charge in [-0.3, -0.25) is 18.9 Å². The van der Waals surface area contributed by atoms with E-state index in [1.165, 1.54) is 0 Å². The summed E-state index contributed by atoms with van der Waals surface area (Å²) in [6.07, 6.45) is 5.39. The summed E-state index contributed by atoms with van der Waals surface area (Å²) in [6.45, 7) is 6.87. The van der Waals surface area contributed by atoms with E-state index in [2.05, 4.69) is 10.6 Å². The molecular weight excluding hydrogens is 468 g/mol. The molecule has 2 aromatic heterocycles. The SMILES string of the molecule is CCc1nc2ccc(C(=O)NCCCN3CCCC3=O)cn2c1N(CC)C(=O)NCCc1ccccc1. The van der Waals surface area contributed by atoms with Crippen molar-refractivity contribution < 1.29 is 14.4 Å². The molecule has 1 aromatic carbocycles. The maximum absolute atomic E-state index is 13.2. The van der Waals surface area contributed by atoms with Crippen LogP contribution in [0, 0.1) is 0 Å². The summed E-state index contributed by atoms with van der Waals surface area (Å²) in [5, 5.41) is 5.97. The average molecular weight is 505 g/mol. The highest BCUT2D eigenvalue weighted by molar-refractivity contribution is 5.95. The summed E-state index contributed by atoms with van der Waals surface area (Å²) in [5.41, 5.74) is 3.14. The predicted octanol–water partition coefficient (Wildman–Crippen LogP) is 3.42. The smallest absolute Gasteiger partial charge is 0.323 e. The monoisotopic (exact) mass is 504 g/mol. The summed E-state index contributed by atoms with van der Waals surface area (Å²) in [6, 6.07) is 13.4. The van der Waals surface area contributed by atoms with Crippen LogP contribution in [0.1, 0.15) is 54.7 Å². The molecule has 2 N–H and O–H groups in total. The molecule has 0 aliphatic carbocycles. The molecule has 3 aromatic rings. The van der Waals surface area contributed by atoms with Crippen LogP contribution in [0.25, 0.3) is 5.65 Å². The van der Waals surface area contributed by atoms with E-state index in [1.54, 1.807) is 17.2 Å². The molecule has 4 amide bonds. The molecule has 0 saturated carbocycles. The van der Waals surface area contributed by atoms with E-state index < -0.39 is 0 Å². The number of aromatic nitrogens is 2. The van der Waals surface area contributed by atoms with Crippen LogP contribution in [-0.2, 0) is 17.6 Å². The third kappa shape index (κ3) is 6.28. The van der Waals surface area contributed by atoms with Crippen molar-refractivity contribution in [3.05, 3.63) is 65.5 Å². The molecule has 0 radical (unpaired) electrons. The van der Waals surface area contributed by atoms with Crippen molar-refractivity contribution in [1.82, 2.24) is 24.9 Å². The molecule has 0 unspecified atom stereocenters. The van der Waals surface area contributed by atoms with Gasteiger partial charge in [-0.15, -0.1) is 0 Å². The van der Waals surface area contributed by atoms with Crippen molar-refractivity contribution in [2.45, 2.75) is 46.0 Å². The molecule has 1 aliphatic heterocycles. The number of hydrogen-bond donors (Lipinski definition) is 2. The number of benzene rings is 1. The zero-order chi connectivity index (χ0) is 26.2. The first-order valence-corrected chi connectivity index (χ1v) is 13.2. The number of urea groups is 1. The highest BCUT2D eigenvalue weighted by Gasteiger charge is 2.23. The number of rotatable bonds is 11. The molecule has 4 rings (SSSR count). The fourth-order valence-corrected chi connectivity index (χ4v) is 4.70. The van der Waals surface area contributed by atoms with Gasteiger partial charge in [0.2, 0.25) is 5.91 Å². The van der Waals surface area contributed by atoms with Gasteiger partial charge in [-0.2, -0.15) is 0 Å². The predicted molar refractivity (Wildman–Crippen MR) is 144 cm³/mol. The van der Waals surface area contributed by atoms with Crippen LogP contribution in [-0.4, -0.2) is 64.9 Å². The van der Waals surface area contributed by atoms with Crippen LogP contribution < -0.4 is 15.5 Å². The van der Waals surface area contributed by atoms with Crippen molar-refractivity contribution in [2.75, 3.05) is 37.6 Å². The fraction of sp³-hybridized carbons (Fsp3) is 0.429. The largest absolute Gasteiger partial charge is 0.352 e. The quantitative estimate of drug-likeness (QED) is 0.391. The minimum Gasteiger partial charge on any atom is -0.352 e. The molecule has 0 atom stereocenters. The Kier molecular flexibility index (Phi) is 8.77. The third-order valence-electron chi connectivity index (χ3n) is 6.67. The Balaban J connectivity index is 1.44. The van der Waals surface area contributed by atoms with Gasteiger partial charge >= 0.3 is 6.03 Å². The molecule has 196 valence electrons. The first-order valence-electron chi connectivity index (χ1n) is 13.2. The number of pyridine rings is 1. The molecule has 1 saturated heterocycles. The number of nitrogens with one attached hydrogen (secondary N) is 2. The van der Waals surface area contributed by atoms with Gasteiger partial charge in [-0.25, -0.2) is 9.78 Å². The minimum absolute atomic E-state index is 0.192. The lowest BCUT2D eigenvalue weighted by molar-refractivity contribution is -0.127. The summed E-state index contributed by atoms with van der Waals surface area (Å²) in [4.78, 5) is 46.0. The lowest BCUT2D eigenvalue weighted by Gasteiger charge is -2.22. The van der Waals surface area contributed by atoms with Gasteiger partial charge in [0, 0.05) is 45.3 Å². The van der Waals surface area contributed by atoms with Crippen LogP contribution in [0.3, 0.4) is 0 Å². The first-order chi connectivity index (χ1) is 18.0. The van der Waals surface area contributed by atoms with Gasteiger partial charge in [0.15, 0.2) is 0 Å². The number of aryl methyl sites for hydroxylation is 1. The minimum atomic E-state index is -0.193. The van der Waals surface area contributed by atoms with E-state index in [-0.39, 0.29) is 17.8 Å². The van der Waals surface area contributed by atoms with E-state index in [0.29, 0.717) is 62.5 Å². The number of carbonyl (C=O) groups is 3. The highest BCUT2D eigenvalue weighted by Crippen LogP contribution is 2.24. The summed E-state index contributed by atoms with van der Waals surface area (Å²) >= 11 is 0. The topological polar surface area (TPSA) is 99.1 Å². The van der Waals surface area contributed by atoms with Crippen LogP contribution in [0.5, 0.6) is 0 Å². The number of amides is 4. The number of imidazole rings is 1. The lowest BCUT2D eigenvalue weighted by Crippen LogP contribution is -2.41. The molecule has 1 aliphatic rings. The number of likely N-dealkylation sites (tertiary alicyclic amines) is 1. The maximum atomic E-state index is 13.2.